The molecule has 23 heavy (non-hydrogen) atoms. The van der Waals surface area contributed by atoms with E-state index in [1.165, 1.54) is 12.1 Å². The Hall–Kier alpha value is -2.47. The Morgan fingerprint density at radius 2 is 2.13 bits per heavy atom. The van der Waals surface area contributed by atoms with Crippen molar-refractivity contribution in [3.63, 3.8) is 0 Å². The summed E-state index contributed by atoms with van der Waals surface area (Å²) in [4.78, 5) is 10.7. The van der Waals surface area contributed by atoms with Crippen LogP contribution < -0.4 is 11.1 Å². The molecule has 120 valence electrons. The normalized spacial score (nSPS) is 15.7. The van der Waals surface area contributed by atoms with Crippen LogP contribution in [0.4, 0.5) is 16.2 Å². The van der Waals surface area contributed by atoms with E-state index in [-0.39, 0.29) is 17.9 Å². The highest BCUT2D eigenvalue weighted by Gasteiger charge is 2.19. The van der Waals surface area contributed by atoms with Gasteiger partial charge in [0.25, 0.3) is 0 Å². The maximum atomic E-state index is 13.5. The molecule has 0 saturated heterocycles. The molecule has 0 saturated carbocycles. The summed E-state index contributed by atoms with van der Waals surface area (Å²) in [6.07, 6.45) is 6.97. The summed E-state index contributed by atoms with van der Waals surface area (Å²) >= 11 is 0. The first-order valence-corrected chi connectivity index (χ1v) is 7.71. The predicted molar refractivity (Wildman–Crippen MR) is 90.3 cm³/mol. The van der Waals surface area contributed by atoms with E-state index in [4.69, 9.17) is 5.73 Å². The first kappa shape index (κ1) is 15.4. The Morgan fingerprint density at radius 1 is 1.35 bits per heavy atom. The molecule has 0 fully saturated rings. The van der Waals surface area contributed by atoms with E-state index >= 15 is 0 Å². The van der Waals surface area contributed by atoms with Gasteiger partial charge in [-0.05, 0) is 24.1 Å². The molecule has 0 bridgehead atoms. The number of hydrogen-bond donors (Lipinski definition) is 2. The topological polar surface area (TPSA) is 67.1 Å². The predicted octanol–water partition coefficient (Wildman–Crippen LogP) is 2.88. The van der Waals surface area contributed by atoms with Crippen molar-refractivity contribution in [3.05, 3.63) is 48.4 Å². The van der Waals surface area contributed by atoms with Crippen LogP contribution >= 0.6 is 0 Å². The molecule has 1 atom stereocenters. The Morgan fingerprint density at radius 3 is 2.83 bits per heavy atom. The molecule has 1 unspecified atom stereocenters. The molecule has 1 aliphatic rings. The first-order valence-electron chi connectivity index (χ1n) is 7.71. The van der Waals surface area contributed by atoms with Gasteiger partial charge in [0.1, 0.15) is 11.6 Å². The van der Waals surface area contributed by atoms with Crippen LogP contribution in [0, 0.1) is 5.82 Å². The van der Waals surface area contributed by atoms with Crippen molar-refractivity contribution in [1.82, 2.24) is 14.9 Å². The number of halogens is 1. The Bertz CT molecular complexity index is 708. The van der Waals surface area contributed by atoms with Crippen LogP contribution in [-0.2, 0) is 0 Å². The summed E-state index contributed by atoms with van der Waals surface area (Å²) in [7, 11) is 0. The number of anilines is 2. The van der Waals surface area contributed by atoms with Gasteiger partial charge >= 0.3 is 0 Å². The van der Waals surface area contributed by atoms with Gasteiger partial charge in [-0.2, -0.15) is 4.98 Å². The quantitative estimate of drug-likeness (QED) is 0.831. The molecule has 6 heteroatoms. The van der Waals surface area contributed by atoms with Crippen molar-refractivity contribution in [1.29, 1.82) is 0 Å². The molecule has 0 radical (unpaired) electrons. The molecule has 1 aliphatic heterocycles. The second-order valence-electron chi connectivity index (χ2n) is 5.49. The molecule has 3 N–H and O–H groups in total. The summed E-state index contributed by atoms with van der Waals surface area (Å²) in [6.45, 7) is 3.92. The number of nitrogens with one attached hydrogen (secondary N) is 1. The number of nitrogens with zero attached hydrogens (tertiary/aromatic N) is 3. The van der Waals surface area contributed by atoms with Crippen molar-refractivity contribution in [2.75, 3.05) is 24.1 Å². The fourth-order valence-electron chi connectivity index (χ4n) is 2.73. The fraction of sp³-hybridized carbons (Fsp3) is 0.294. The molecule has 2 heterocycles. The lowest BCUT2D eigenvalue weighted by Gasteiger charge is -2.28. The Kier molecular flexibility index (Phi) is 4.52. The van der Waals surface area contributed by atoms with E-state index in [0.29, 0.717) is 5.82 Å². The summed E-state index contributed by atoms with van der Waals surface area (Å²) in [6, 6.07) is 6.39. The van der Waals surface area contributed by atoms with E-state index in [1.54, 1.807) is 12.3 Å². The standard InChI is InChI=1S/C17H20FN5/c1-2-15(23-8-3-4-9-23)21-16-14(11-20-17(19)22-16)12-6-5-7-13(18)10-12/h3-7,10-11,15H,2,8-9H2,1H3,(H3,19,20,21,22). The molecular weight excluding hydrogens is 293 g/mol. The van der Waals surface area contributed by atoms with Crippen LogP contribution in [0.15, 0.2) is 42.6 Å². The Balaban J connectivity index is 1.92. The van der Waals surface area contributed by atoms with Gasteiger partial charge in [0.2, 0.25) is 5.95 Å². The number of nitrogen functional groups attached to an aromatic ring is 1. The van der Waals surface area contributed by atoms with E-state index in [1.807, 2.05) is 6.07 Å². The van der Waals surface area contributed by atoms with Gasteiger partial charge in [0.05, 0.1) is 6.17 Å². The average Bonchev–Trinajstić information content (AvgIpc) is 3.07. The van der Waals surface area contributed by atoms with Gasteiger partial charge in [-0.25, -0.2) is 9.37 Å². The van der Waals surface area contributed by atoms with Crippen molar-refractivity contribution in [2.24, 2.45) is 0 Å². The van der Waals surface area contributed by atoms with E-state index in [9.17, 15) is 4.39 Å². The van der Waals surface area contributed by atoms with E-state index in [2.05, 4.69) is 39.3 Å². The highest BCUT2D eigenvalue weighted by atomic mass is 19.1. The van der Waals surface area contributed by atoms with Crippen LogP contribution in [-0.4, -0.2) is 34.1 Å². The molecule has 3 rings (SSSR count). The van der Waals surface area contributed by atoms with Gasteiger partial charge in [0.15, 0.2) is 0 Å². The second-order valence-corrected chi connectivity index (χ2v) is 5.49. The van der Waals surface area contributed by atoms with Crippen LogP contribution in [0.2, 0.25) is 0 Å². The number of nitrogens with two attached hydrogens (primary N) is 1. The summed E-state index contributed by atoms with van der Waals surface area (Å²) in [5.74, 6) is 0.532. The summed E-state index contributed by atoms with van der Waals surface area (Å²) in [5, 5.41) is 3.43. The maximum Gasteiger partial charge on any atom is 0.221 e. The van der Waals surface area contributed by atoms with Crippen molar-refractivity contribution >= 4 is 11.8 Å². The third-order valence-electron chi connectivity index (χ3n) is 3.92. The van der Waals surface area contributed by atoms with Crippen LogP contribution in [0.25, 0.3) is 11.1 Å². The lowest BCUT2D eigenvalue weighted by molar-refractivity contribution is 0.271. The zero-order valence-electron chi connectivity index (χ0n) is 13.0. The highest BCUT2D eigenvalue weighted by molar-refractivity contribution is 5.75. The minimum Gasteiger partial charge on any atom is -0.368 e. The lowest BCUT2D eigenvalue weighted by Crippen LogP contribution is -2.39. The zero-order valence-corrected chi connectivity index (χ0v) is 13.0. The zero-order chi connectivity index (χ0) is 16.2. The van der Waals surface area contributed by atoms with Crippen molar-refractivity contribution in [3.8, 4) is 11.1 Å². The molecule has 0 spiro atoms. The summed E-state index contributed by atoms with van der Waals surface area (Å²) < 4.78 is 13.5. The van der Waals surface area contributed by atoms with E-state index < -0.39 is 0 Å². The van der Waals surface area contributed by atoms with Crippen LogP contribution in [0.3, 0.4) is 0 Å². The molecule has 0 amide bonds. The molecule has 0 aliphatic carbocycles. The number of rotatable bonds is 5. The average molecular weight is 313 g/mol. The van der Waals surface area contributed by atoms with Gasteiger partial charge < -0.3 is 11.1 Å². The lowest BCUT2D eigenvalue weighted by atomic mass is 10.1. The van der Waals surface area contributed by atoms with Crippen LogP contribution in [0.1, 0.15) is 13.3 Å². The minimum absolute atomic E-state index is 0.131. The number of benzene rings is 1. The third kappa shape index (κ3) is 3.48. The molecule has 2 aromatic rings. The fourth-order valence-corrected chi connectivity index (χ4v) is 2.73. The van der Waals surface area contributed by atoms with Gasteiger partial charge in [-0.3, -0.25) is 4.90 Å². The largest absolute Gasteiger partial charge is 0.368 e. The number of aromatic nitrogens is 2. The van der Waals surface area contributed by atoms with Crippen LogP contribution in [0.5, 0.6) is 0 Å². The highest BCUT2D eigenvalue weighted by Crippen LogP contribution is 2.28. The third-order valence-corrected chi connectivity index (χ3v) is 3.92. The van der Waals surface area contributed by atoms with Gasteiger partial charge in [-0.15, -0.1) is 0 Å². The SMILES string of the molecule is CCC(Nc1nc(N)ncc1-c1cccc(F)c1)N1CC=CC1. The second kappa shape index (κ2) is 6.75. The minimum atomic E-state index is -0.291. The molecular formula is C17H20FN5. The van der Waals surface area contributed by atoms with Crippen molar-refractivity contribution < 1.29 is 4.39 Å². The summed E-state index contributed by atoms with van der Waals surface area (Å²) in [5.41, 5.74) is 7.21. The van der Waals surface area contributed by atoms with Gasteiger partial charge in [-0.1, -0.05) is 31.2 Å². The molecule has 1 aromatic heterocycles. The molecule has 1 aromatic carbocycles. The van der Waals surface area contributed by atoms with Crippen molar-refractivity contribution in [2.45, 2.75) is 19.5 Å². The molecule has 5 nitrogen and oxygen atoms in total. The van der Waals surface area contributed by atoms with E-state index in [0.717, 1.165) is 30.6 Å². The monoisotopic (exact) mass is 313 g/mol. The number of hydrogen-bond acceptors (Lipinski definition) is 5. The first-order chi connectivity index (χ1) is 11.2. The Labute approximate surface area is 135 Å². The smallest absolute Gasteiger partial charge is 0.221 e. The van der Waals surface area contributed by atoms with Gasteiger partial charge in [0, 0.05) is 24.8 Å². The maximum absolute atomic E-state index is 13.5.